The molecule has 1 atom stereocenters. The molecule has 1 aliphatic rings. The molecule has 0 bridgehead atoms. The highest BCUT2D eigenvalue weighted by molar-refractivity contribution is 14.0. The quantitative estimate of drug-likeness (QED) is 0.399. The molecule has 1 aliphatic heterocycles. The Kier molecular flexibility index (Phi) is 10.3. The van der Waals surface area contributed by atoms with Crippen molar-refractivity contribution in [1.82, 2.24) is 15.5 Å². The van der Waals surface area contributed by atoms with Crippen LogP contribution in [0.4, 0.5) is 0 Å². The fourth-order valence-electron chi connectivity index (χ4n) is 2.95. The number of halogens is 1. The van der Waals surface area contributed by atoms with Gasteiger partial charge in [0.15, 0.2) is 5.96 Å². The van der Waals surface area contributed by atoms with E-state index in [0.29, 0.717) is 6.04 Å². The third kappa shape index (κ3) is 6.97. The van der Waals surface area contributed by atoms with Gasteiger partial charge in [-0.25, -0.2) is 0 Å². The zero-order valence-corrected chi connectivity index (χ0v) is 17.7. The summed E-state index contributed by atoms with van der Waals surface area (Å²) in [5, 5.41) is 6.86. The summed E-state index contributed by atoms with van der Waals surface area (Å²) in [6.07, 6.45) is 5.15. The molecule has 1 heterocycles. The Hall–Kier alpha value is -0.820. The Morgan fingerprint density at radius 3 is 2.46 bits per heavy atom. The molecule has 1 aromatic rings. The Morgan fingerprint density at radius 2 is 1.83 bits per heavy atom. The molecule has 136 valence electrons. The Balaban J connectivity index is 0.00000288. The highest BCUT2D eigenvalue weighted by Gasteiger charge is 2.12. The monoisotopic (exact) mass is 444 g/mol. The van der Waals surface area contributed by atoms with Crippen LogP contribution in [0.5, 0.6) is 0 Å². The fraction of sp³-hybridized carbons (Fsp3) is 0.632. The van der Waals surface area contributed by atoms with Crippen molar-refractivity contribution in [2.24, 2.45) is 4.99 Å². The van der Waals surface area contributed by atoms with Gasteiger partial charge in [0.2, 0.25) is 0 Å². The number of hydrogen-bond donors (Lipinski definition) is 2. The predicted octanol–water partition coefficient (Wildman–Crippen LogP) is 3.75. The van der Waals surface area contributed by atoms with Crippen LogP contribution < -0.4 is 10.6 Å². The zero-order chi connectivity index (χ0) is 16.5. The topological polar surface area (TPSA) is 39.7 Å². The second-order valence-corrected chi connectivity index (χ2v) is 6.48. The van der Waals surface area contributed by atoms with E-state index in [2.05, 4.69) is 58.6 Å². The molecule has 0 spiro atoms. The van der Waals surface area contributed by atoms with E-state index in [1.807, 2.05) is 7.05 Å². The van der Waals surface area contributed by atoms with Gasteiger partial charge in [-0.3, -0.25) is 9.89 Å². The van der Waals surface area contributed by atoms with E-state index in [4.69, 9.17) is 0 Å². The summed E-state index contributed by atoms with van der Waals surface area (Å²) in [6, 6.07) is 9.19. The summed E-state index contributed by atoms with van der Waals surface area (Å²) >= 11 is 0. The Bertz CT molecular complexity index is 498. The van der Waals surface area contributed by atoms with E-state index in [1.54, 1.807) is 0 Å². The van der Waals surface area contributed by atoms with E-state index in [1.165, 1.54) is 43.5 Å². The number of aliphatic imine (C=N–C) groups is 1. The highest BCUT2D eigenvalue weighted by Crippen LogP contribution is 2.16. The molecule has 0 radical (unpaired) electrons. The minimum absolute atomic E-state index is 0. The smallest absolute Gasteiger partial charge is 0.191 e. The number of likely N-dealkylation sites (tertiary alicyclic amines) is 1. The largest absolute Gasteiger partial charge is 0.354 e. The number of hydrogen-bond acceptors (Lipinski definition) is 2. The van der Waals surface area contributed by atoms with Crippen molar-refractivity contribution in [2.45, 2.75) is 58.7 Å². The number of guanidine groups is 1. The standard InChI is InChI=1S/C19H32N4.HI/c1-4-16(2)22-19(20-3)21-14-17-10-6-7-11-18(17)15-23-12-8-5-9-13-23;/h6-7,10-11,16H,4-5,8-9,12-15H2,1-3H3,(H2,20,21,22);1H. The van der Waals surface area contributed by atoms with E-state index in [0.717, 1.165) is 25.5 Å². The van der Waals surface area contributed by atoms with Gasteiger partial charge in [-0.1, -0.05) is 37.6 Å². The summed E-state index contributed by atoms with van der Waals surface area (Å²) in [7, 11) is 1.83. The van der Waals surface area contributed by atoms with Crippen molar-refractivity contribution in [3.63, 3.8) is 0 Å². The van der Waals surface area contributed by atoms with Gasteiger partial charge in [-0.2, -0.15) is 0 Å². The lowest BCUT2D eigenvalue weighted by atomic mass is 10.0. The lowest BCUT2D eigenvalue weighted by Crippen LogP contribution is -2.41. The van der Waals surface area contributed by atoms with Crippen molar-refractivity contribution >= 4 is 29.9 Å². The first-order chi connectivity index (χ1) is 11.2. The maximum Gasteiger partial charge on any atom is 0.191 e. The van der Waals surface area contributed by atoms with Crippen LogP contribution in [0.3, 0.4) is 0 Å². The third-order valence-corrected chi connectivity index (χ3v) is 4.63. The van der Waals surface area contributed by atoms with Gasteiger partial charge in [0, 0.05) is 26.2 Å². The summed E-state index contributed by atoms with van der Waals surface area (Å²) in [5.74, 6) is 0.882. The molecule has 2 rings (SSSR count). The Labute approximate surface area is 164 Å². The van der Waals surface area contributed by atoms with Gasteiger partial charge in [-0.15, -0.1) is 24.0 Å². The number of piperidine rings is 1. The van der Waals surface area contributed by atoms with Gasteiger partial charge >= 0.3 is 0 Å². The summed E-state index contributed by atoms with van der Waals surface area (Å²) in [5.41, 5.74) is 2.80. The van der Waals surface area contributed by atoms with Crippen molar-refractivity contribution in [1.29, 1.82) is 0 Å². The van der Waals surface area contributed by atoms with Crippen LogP contribution in [0.25, 0.3) is 0 Å². The van der Waals surface area contributed by atoms with Crippen LogP contribution in [0.1, 0.15) is 50.7 Å². The van der Waals surface area contributed by atoms with Gasteiger partial charge in [0.05, 0.1) is 0 Å². The first-order valence-corrected chi connectivity index (χ1v) is 8.99. The molecule has 2 N–H and O–H groups in total. The molecular formula is C19H33IN4. The van der Waals surface area contributed by atoms with Crippen LogP contribution >= 0.6 is 24.0 Å². The number of nitrogens with zero attached hydrogens (tertiary/aromatic N) is 2. The maximum absolute atomic E-state index is 4.32. The van der Waals surface area contributed by atoms with Crippen LogP contribution in [0.2, 0.25) is 0 Å². The second-order valence-electron chi connectivity index (χ2n) is 6.48. The molecule has 0 amide bonds. The summed E-state index contributed by atoms with van der Waals surface area (Å²) in [4.78, 5) is 6.90. The van der Waals surface area contributed by atoms with Crippen molar-refractivity contribution in [2.75, 3.05) is 20.1 Å². The Morgan fingerprint density at radius 1 is 1.17 bits per heavy atom. The lowest BCUT2D eigenvalue weighted by molar-refractivity contribution is 0.220. The molecule has 1 aromatic carbocycles. The second kappa shape index (κ2) is 11.7. The fourth-order valence-corrected chi connectivity index (χ4v) is 2.95. The first kappa shape index (κ1) is 21.2. The zero-order valence-electron chi connectivity index (χ0n) is 15.3. The average Bonchev–Trinajstić information content (AvgIpc) is 2.60. The van der Waals surface area contributed by atoms with Crippen LogP contribution in [0.15, 0.2) is 29.3 Å². The van der Waals surface area contributed by atoms with Gasteiger partial charge in [0.1, 0.15) is 0 Å². The molecule has 1 saturated heterocycles. The molecular weight excluding hydrogens is 411 g/mol. The molecule has 1 fully saturated rings. The van der Waals surface area contributed by atoms with E-state index in [9.17, 15) is 0 Å². The number of rotatable bonds is 6. The number of benzene rings is 1. The molecule has 24 heavy (non-hydrogen) atoms. The lowest BCUT2D eigenvalue weighted by Gasteiger charge is -2.27. The normalized spacial score (nSPS) is 17.0. The van der Waals surface area contributed by atoms with Crippen molar-refractivity contribution < 1.29 is 0 Å². The van der Waals surface area contributed by atoms with Crippen LogP contribution in [-0.2, 0) is 13.1 Å². The van der Waals surface area contributed by atoms with Gasteiger partial charge in [-0.05, 0) is 50.4 Å². The van der Waals surface area contributed by atoms with Gasteiger partial charge in [0.25, 0.3) is 0 Å². The maximum atomic E-state index is 4.32. The third-order valence-electron chi connectivity index (χ3n) is 4.63. The first-order valence-electron chi connectivity index (χ1n) is 8.99. The van der Waals surface area contributed by atoms with Gasteiger partial charge < -0.3 is 10.6 Å². The summed E-state index contributed by atoms with van der Waals surface area (Å²) in [6.45, 7) is 8.71. The SMILES string of the molecule is CCC(C)NC(=NC)NCc1ccccc1CN1CCCCC1.I. The van der Waals surface area contributed by atoms with Crippen molar-refractivity contribution in [3.05, 3.63) is 35.4 Å². The minimum atomic E-state index is 0. The van der Waals surface area contributed by atoms with E-state index >= 15 is 0 Å². The molecule has 4 nitrogen and oxygen atoms in total. The molecule has 0 saturated carbocycles. The molecule has 5 heteroatoms. The predicted molar refractivity (Wildman–Crippen MR) is 114 cm³/mol. The molecule has 0 aromatic heterocycles. The van der Waals surface area contributed by atoms with Crippen molar-refractivity contribution in [3.8, 4) is 0 Å². The van der Waals surface area contributed by atoms with E-state index < -0.39 is 0 Å². The molecule has 0 aliphatic carbocycles. The van der Waals surface area contributed by atoms with E-state index in [-0.39, 0.29) is 24.0 Å². The van der Waals surface area contributed by atoms with Crippen LogP contribution in [0, 0.1) is 0 Å². The minimum Gasteiger partial charge on any atom is -0.354 e. The van der Waals surface area contributed by atoms with Crippen LogP contribution in [-0.4, -0.2) is 37.0 Å². The summed E-state index contributed by atoms with van der Waals surface area (Å²) < 4.78 is 0. The highest BCUT2D eigenvalue weighted by atomic mass is 127. The number of nitrogens with one attached hydrogen (secondary N) is 2. The molecule has 1 unspecified atom stereocenters. The average molecular weight is 444 g/mol.